The number of nitrogens with one attached hydrogen (secondary N) is 2. The largest absolute Gasteiger partial charge is 0.325 e. The molecule has 6 nitrogen and oxygen atoms in total. The molecule has 1 aliphatic heterocycles. The lowest BCUT2D eigenvalue weighted by atomic mass is 10.2. The Hall–Kier alpha value is -2.90. The number of hydrogen-bond donors (Lipinski definition) is 2. The molecule has 0 radical (unpaired) electrons. The van der Waals surface area contributed by atoms with Crippen molar-refractivity contribution in [2.24, 2.45) is 0 Å². The Kier molecular flexibility index (Phi) is 5.27. The Balaban J connectivity index is 1.35. The van der Waals surface area contributed by atoms with Crippen molar-refractivity contribution in [2.75, 3.05) is 22.1 Å². The minimum absolute atomic E-state index is 0.00480. The van der Waals surface area contributed by atoms with Crippen molar-refractivity contribution >= 4 is 51.4 Å². The van der Waals surface area contributed by atoms with Gasteiger partial charge < -0.3 is 10.2 Å². The molecule has 2 aromatic carbocycles. The van der Waals surface area contributed by atoms with E-state index in [0.29, 0.717) is 28.1 Å². The molecule has 2 heterocycles. The molecule has 3 amide bonds. The van der Waals surface area contributed by atoms with Crippen molar-refractivity contribution in [3.05, 3.63) is 70.2 Å². The van der Waals surface area contributed by atoms with E-state index in [9.17, 15) is 9.59 Å². The third-order valence-corrected chi connectivity index (χ3v) is 5.42. The van der Waals surface area contributed by atoms with Gasteiger partial charge in [0.2, 0.25) is 5.91 Å². The summed E-state index contributed by atoms with van der Waals surface area (Å²) >= 11 is 7.19. The summed E-state index contributed by atoms with van der Waals surface area (Å²) in [5.41, 5.74) is 3.39. The van der Waals surface area contributed by atoms with E-state index in [1.807, 2.05) is 24.3 Å². The molecule has 0 spiro atoms. The van der Waals surface area contributed by atoms with Crippen LogP contribution in [0, 0.1) is 0 Å². The van der Waals surface area contributed by atoms with Gasteiger partial charge in [0.25, 0.3) is 0 Å². The molecule has 4 rings (SSSR count). The third-order valence-electron chi connectivity index (χ3n) is 4.38. The van der Waals surface area contributed by atoms with Crippen LogP contribution in [0.2, 0.25) is 5.02 Å². The first-order valence-electron chi connectivity index (χ1n) is 8.75. The van der Waals surface area contributed by atoms with Crippen LogP contribution in [0.25, 0.3) is 0 Å². The maximum Gasteiger partial charge on any atom is 0.325 e. The van der Waals surface area contributed by atoms with Gasteiger partial charge in [-0.3, -0.25) is 10.1 Å². The van der Waals surface area contributed by atoms with Crippen molar-refractivity contribution in [2.45, 2.75) is 12.8 Å². The van der Waals surface area contributed by atoms with Gasteiger partial charge in [0.1, 0.15) is 0 Å². The van der Waals surface area contributed by atoms with E-state index in [0.717, 1.165) is 12.1 Å². The molecule has 0 atom stereocenters. The van der Waals surface area contributed by atoms with Gasteiger partial charge in [0.05, 0.1) is 12.1 Å². The van der Waals surface area contributed by atoms with E-state index in [1.165, 1.54) is 16.9 Å². The zero-order valence-electron chi connectivity index (χ0n) is 14.8. The Bertz CT molecular complexity index is 1040. The first kappa shape index (κ1) is 18.5. The topological polar surface area (TPSA) is 74.3 Å². The Morgan fingerprint density at radius 2 is 2.00 bits per heavy atom. The number of fused-ring (bicyclic) bond motifs is 1. The first-order valence-corrected chi connectivity index (χ1v) is 10.0. The number of hydrogen-bond acceptors (Lipinski definition) is 4. The van der Waals surface area contributed by atoms with E-state index >= 15 is 0 Å². The molecule has 8 heteroatoms. The van der Waals surface area contributed by atoms with E-state index < -0.39 is 6.03 Å². The molecular formula is C20H17ClN4O2S. The summed E-state index contributed by atoms with van der Waals surface area (Å²) in [5, 5.41) is 8.13. The average Bonchev–Trinajstić information content (AvgIpc) is 3.28. The van der Waals surface area contributed by atoms with Crippen LogP contribution in [0.5, 0.6) is 0 Å². The van der Waals surface area contributed by atoms with Gasteiger partial charge in [-0.2, -0.15) is 0 Å². The molecule has 0 bridgehead atoms. The number of carbonyl (C=O) groups excluding carboxylic acids is 2. The number of urea groups is 1. The quantitative estimate of drug-likeness (QED) is 0.659. The summed E-state index contributed by atoms with van der Waals surface area (Å²) in [5.74, 6) is 0.00480. The van der Waals surface area contributed by atoms with Crippen LogP contribution >= 0.6 is 22.9 Å². The van der Waals surface area contributed by atoms with Gasteiger partial charge in [-0.25, -0.2) is 9.78 Å². The second-order valence-electron chi connectivity index (χ2n) is 6.33. The van der Waals surface area contributed by atoms with E-state index in [4.69, 9.17) is 11.6 Å². The van der Waals surface area contributed by atoms with E-state index in [1.54, 1.807) is 34.5 Å². The summed E-state index contributed by atoms with van der Waals surface area (Å²) in [7, 11) is 0. The summed E-state index contributed by atoms with van der Waals surface area (Å²) in [6.07, 6.45) is 1.07. The minimum Gasteiger partial charge on any atom is -0.311 e. The van der Waals surface area contributed by atoms with E-state index in [2.05, 4.69) is 15.6 Å². The fraction of sp³-hybridized carbons (Fsp3) is 0.150. The van der Waals surface area contributed by atoms with Crippen molar-refractivity contribution in [3.63, 3.8) is 0 Å². The lowest BCUT2D eigenvalue weighted by molar-refractivity contribution is -0.117. The fourth-order valence-corrected chi connectivity index (χ4v) is 4.01. The van der Waals surface area contributed by atoms with Crippen LogP contribution in [-0.4, -0.2) is 23.5 Å². The highest BCUT2D eigenvalue weighted by Crippen LogP contribution is 2.28. The molecule has 0 unspecified atom stereocenters. The Labute approximate surface area is 171 Å². The molecule has 1 aliphatic rings. The molecule has 0 saturated carbocycles. The zero-order valence-corrected chi connectivity index (χ0v) is 16.4. The molecule has 142 valence electrons. The molecule has 3 aromatic rings. The fourth-order valence-electron chi connectivity index (χ4n) is 3.12. The number of rotatable bonds is 4. The summed E-state index contributed by atoms with van der Waals surface area (Å²) in [6.45, 7) is 0.690. The predicted molar refractivity (Wildman–Crippen MR) is 112 cm³/mol. The lowest BCUT2D eigenvalue weighted by Crippen LogP contribution is -2.30. The Morgan fingerprint density at radius 3 is 2.86 bits per heavy atom. The van der Waals surface area contributed by atoms with Gasteiger partial charge in [-0.15, -0.1) is 11.3 Å². The van der Waals surface area contributed by atoms with Gasteiger partial charge in [-0.1, -0.05) is 35.9 Å². The van der Waals surface area contributed by atoms with Crippen molar-refractivity contribution in [3.8, 4) is 0 Å². The monoisotopic (exact) mass is 412 g/mol. The number of benzene rings is 2. The van der Waals surface area contributed by atoms with Crippen LogP contribution in [0.3, 0.4) is 0 Å². The lowest BCUT2D eigenvalue weighted by Gasteiger charge is -2.16. The number of amides is 3. The van der Waals surface area contributed by atoms with Crippen LogP contribution in [0.15, 0.2) is 53.9 Å². The number of aromatic nitrogens is 1. The van der Waals surface area contributed by atoms with Gasteiger partial charge in [0.15, 0.2) is 5.13 Å². The number of anilines is 3. The maximum absolute atomic E-state index is 12.7. The smallest absolute Gasteiger partial charge is 0.311 e. The number of carbonyl (C=O) groups is 2. The van der Waals surface area contributed by atoms with Crippen LogP contribution < -0.4 is 15.5 Å². The molecule has 0 fully saturated rings. The average molecular weight is 413 g/mol. The van der Waals surface area contributed by atoms with Crippen LogP contribution in [-0.2, 0) is 17.6 Å². The van der Waals surface area contributed by atoms with E-state index in [-0.39, 0.29) is 12.3 Å². The number of para-hydroxylation sites is 1. The normalized spacial score (nSPS) is 12.5. The molecule has 28 heavy (non-hydrogen) atoms. The molecule has 0 aliphatic carbocycles. The van der Waals surface area contributed by atoms with Crippen LogP contribution in [0.1, 0.15) is 11.3 Å². The second kappa shape index (κ2) is 8.00. The van der Waals surface area contributed by atoms with Crippen molar-refractivity contribution < 1.29 is 9.59 Å². The standard InChI is InChI=1S/C20H17ClN4O2S/c21-14-5-3-6-15(10-14)22-19(27)24-20-23-16(12-28-20)11-18(26)25-9-8-13-4-1-2-7-17(13)25/h1-7,10,12H,8-9,11H2,(H2,22,23,24,27). The predicted octanol–water partition coefficient (Wildman–Crippen LogP) is 4.57. The highest BCUT2D eigenvalue weighted by Gasteiger charge is 2.24. The summed E-state index contributed by atoms with van der Waals surface area (Å²) in [6, 6.07) is 14.4. The van der Waals surface area contributed by atoms with Gasteiger partial charge in [-0.05, 0) is 36.2 Å². The second-order valence-corrected chi connectivity index (χ2v) is 7.63. The first-order chi connectivity index (χ1) is 13.6. The zero-order chi connectivity index (χ0) is 19.5. The number of halogens is 1. The van der Waals surface area contributed by atoms with Crippen molar-refractivity contribution in [1.29, 1.82) is 0 Å². The number of thiazole rings is 1. The summed E-state index contributed by atoms with van der Waals surface area (Å²) in [4.78, 5) is 30.9. The molecular weight excluding hydrogens is 396 g/mol. The highest BCUT2D eigenvalue weighted by molar-refractivity contribution is 7.14. The summed E-state index contributed by atoms with van der Waals surface area (Å²) < 4.78 is 0. The highest BCUT2D eigenvalue weighted by atomic mass is 35.5. The molecule has 1 aromatic heterocycles. The number of nitrogens with zero attached hydrogens (tertiary/aromatic N) is 2. The molecule has 2 N–H and O–H groups in total. The SMILES string of the molecule is O=C(Nc1cccc(Cl)c1)Nc1nc(CC(=O)N2CCc3ccccc32)cs1. The Morgan fingerprint density at radius 1 is 1.14 bits per heavy atom. The maximum atomic E-state index is 12.7. The van der Waals surface area contributed by atoms with Crippen LogP contribution in [0.4, 0.5) is 21.3 Å². The third kappa shape index (κ3) is 4.16. The van der Waals surface area contributed by atoms with Gasteiger partial charge >= 0.3 is 6.03 Å². The van der Waals surface area contributed by atoms with Crippen molar-refractivity contribution in [1.82, 2.24) is 4.98 Å². The van der Waals surface area contributed by atoms with Gasteiger partial charge in [0, 0.05) is 28.3 Å². The molecule has 0 saturated heterocycles. The minimum atomic E-state index is -0.414.